The number of hydrogen-bond donors (Lipinski definition) is 0. The first-order valence-corrected chi connectivity index (χ1v) is 6.60. The SMILES string of the molecule is [Zn].c1ccc(C(=N[N-]c2ccccn2)c2ccccn2)cc1. The third-order valence-electron chi connectivity index (χ3n) is 2.86. The van der Waals surface area contributed by atoms with Crippen LogP contribution >= 0.6 is 0 Å². The van der Waals surface area contributed by atoms with E-state index < -0.39 is 0 Å². The Morgan fingerprint density at radius 2 is 1.45 bits per heavy atom. The zero-order chi connectivity index (χ0) is 14.3. The second-order valence-electron chi connectivity index (χ2n) is 4.32. The van der Waals surface area contributed by atoms with Crippen molar-refractivity contribution >= 4 is 11.5 Å². The summed E-state index contributed by atoms with van der Waals surface area (Å²) in [5.74, 6) is 0.571. The minimum Gasteiger partial charge on any atom is -0.442 e. The third kappa shape index (κ3) is 4.06. The Morgan fingerprint density at radius 3 is 2.09 bits per heavy atom. The molecule has 3 rings (SSSR count). The van der Waals surface area contributed by atoms with E-state index >= 15 is 0 Å². The van der Waals surface area contributed by atoms with E-state index in [1.807, 2.05) is 66.7 Å². The van der Waals surface area contributed by atoms with Crippen molar-refractivity contribution in [1.29, 1.82) is 0 Å². The van der Waals surface area contributed by atoms with Crippen LogP contribution in [0.1, 0.15) is 11.3 Å². The fraction of sp³-hybridized carbons (Fsp3) is 0. The van der Waals surface area contributed by atoms with Crippen LogP contribution in [0.4, 0.5) is 5.82 Å². The predicted octanol–water partition coefficient (Wildman–Crippen LogP) is 3.93. The maximum Gasteiger partial charge on any atom is 0.0950 e. The molecule has 0 radical (unpaired) electrons. The molecule has 3 aromatic rings. The van der Waals surface area contributed by atoms with E-state index in [9.17, 15) is 0 Å². The van der Waals surface area contributed by atoms with Crippen molar-refractivity contribution in [2.75, 3.05) is 0 Å². The number of rotatable bonds is 4. The molecule has 0 N–H and O–H groups in total. The van der Waals surface area contributed by atoms with Crippen molar-refractivity contribution in [3.8, 4) is 0 Å². The molecule has 0 atom stereocenters. The van der Waals surface area contributed by atoms with Gasteiger partial charge >= 0.3 is 0 Å². The van der Waals surface area contributed by atoms with Crippen LogP contribution in [-0.4, -0.2) is 15.7 Å². The number of hydrogen-bond acceptors (Lipinski definition) is 3. The molecule has 0 aliphatic carbocycles. The number of nitrogens with zero attached hydrogens (tertiary/aromatic N) is 4. The summed E-state index contributed by atoms with van der Waals surface area (Å²) in [5, 5.41) is 4.35. The molecule has 0 spiro atoms. The van der Waals surface area contributed by atoms with Gasteiger partial charge in [-0.2, -0.15) is 0 Å². The van der Waals surface area contributed by atoms with Crippen molar-refractivity contribution < 1.29 is 19.5 Å². The van der Waals surface area contributed by atoms with Gasteiger partial charge in [0.2, 0.25) is 0 Å². The summed E-state index contributed by atoms with van der Waals surface area (Å²) >= 11 is 0. The number of pyridine rings is 2. The van der Waals surface area contributed by atoms with E-state index in [1.165, 1.54) is 0 Å². The average molecular weight is 339 g/mol. The molecule has 0 saturated carbocycles. The van der Waals surface area contributed by atoms with Crippen LogP contribution in [0.2, 0.25) is 0 Å². The monoisotopic (exact) mass is 337 g/mol. The van der Waals surface area contributed by atoms with Gasteiger partial charge in [-0.1, -0.05) is 60.8 Å². The summed E-state index contributed by atoms with van der Waals surface area (Å²) in [6.07, 6.45) is 3.44. The molecular formula is C17H13N4Zn-. The summed E-state index contributed by atoms with van der Waals surface area (Å²) in [6.45, 7) is 0. The van der Waals surface area contributed by atoms with Gasteiger partial charge in [0.05, 0.1) is 11.4 Å². The molecule has 0 unspecified atom stereocenters. The Bertz CT molecular complexity index is 674. The van der Waals surface area contributed by atoms with Crippen molar-refractivity contribution in [2.24, 2.45) is 5.10 Å². The van der Waals surface area contributed by atoms with Gasteiger partial charge in [-0.3, -0.25) is 10.1 Å². The van der Waals surface area contributed by atoms with Gasteiger partial charge in [0.1, 0.15) is 0 Å². The number of benzene rings is 1. The molecule has 0 amide bonds. The van der Waals surface area contributed by atoms with Gasteiger partial charge in [-0.15, -0.1) is 0 Å². The van der Waals surface area contributed by atoms with Crippen molar-refractivity contribution in [1.82, 2.24) is 9.97 Å². The summed E-state index contributed by atoms with van der Waals surface area (Å²) in [4.78, 5) is 8.50. The van der Waals surface area contributed by atoms with Gasteiger partial charge in [-0.05, 0) is 18.0 Å². The van der Waals surface area contributed by atoms with Gasteiger partial charge in [0.25, 0.3) is 0 Å². The molecule has 0 bridgehead atoms. The van der Waals surface area contributed by atoms with Crippen LogP contribution in [0.5, 0.6) is 0 Å². The van der Waals surface area contributed by atoms with Gasteiger partial charge in [-0.25, -0.2) is 0 Å². The second kappa shape index (κ2) is 8.15. The molecule has 5 heteroatoms. The van der Waals surface area contributed by atoms with Crippen molar-refractivity contribution in [3.05, 3.63) is 95.8 Å². The molecule has 2 aromatic heterocycles. The van der Waals surface area contributed by atoms with Crippen LogP contribution in [0.15, 0.2) is 84.2 Å². The standard InChI is InChI=1S/C17H13N4.Zn/c1-2-8-14(9-3-1)17(15-10-4-6-12-18-15)21-20-16-11-5-7-13-19-16;/h1-13H;/q-1;. The van der Waals surface area contributed by atoms with Crippen LogP contribution < -0.4 is 0 Å². The Kier molecular flexibility index (Phi) is 5.93. The summed E-state index contributed by atoms with van der Waals surface area (Å²) in [7, 11) is 0. The first-order chi connectivity index (χ1) is 10.4. The van der Waals surface area contributed by atoms with Crippen LogP contribution in [0.3, 0.4) is 0 Å². The molecular weight excluding hydrogens is 326 g/mol. The van der Waals surface area contributed by atoms with Gasteiger partial charge < -0.3 is 10.4 Å². The molecule has 104 valence electrons. The Balaban J connectivity index is 0.00000176. The minimum atomic E-state index is 0. The minimum absolute atomic E-state index is 0. The molecule has 0 aliphatic rings. The first-order valence-electron chi connectivity index (χ1n) is 6.60. The second-order valence-corrected chi connectivity index (χ2v) is 4.32. The van der Waals surface area contributed by atoms with Crippen LogP contribution in [0.25, 0.3) is 5.43 Å². The smallest absolute Gasteiger partial charge is 0.0950 e. The number of aromatic nitrogens is 2. The zero-order valence-electron chi connectivity index (χ0n) is 12.0. The van der Waals surface area contributed by atoms with E-state index in [1.54, 1.807) is 12.4 Å². The molecule has 2 heterocycles. The fourth-order valence-corrected chi connectivity index (χ4v) is 1.87. The van der Waals surface area contributed by atoms with E-state index in [2.05, 4.69) is 20.5 Å². The van der Waals surface area contributed by atoms with E-state index in [0.717, 1.165) is 17.0 Å². The Hall–Kier alpha value is -2.39. The zero-order valence-corrected chi connectivity index (χ0v) is 15.0. The molecule has 22 heavy (non-hydrogen) atoms. The van der Waals surface area contributed by atoms with Crippen molar-refractivity contribution in [2.45, 2.75) is 0 Å². The quantitative estimate of drug-likeness (QED) is 0.411. The third-order valence-corrected chi connectivity index (χ3v) is 2.86. The molecule has 0 aliphatic heterocycles. The van der Waals surface area contributed by atoms with E-state index in [-0.39, 0.29) is 19.5 Å². The normalized spacial score (nSPS) is 10.6. The van der Waals surface area contributed by atoms with Crippen molar-refractivity contribution in [3.63, 3.8) is 0 Å². The van der Waals surface area contributed by atoms with Gasteiger partial charge in [0.15, 0.2) is 0 Å². The largest absolute Gasteiger partial charge is 0.442 e. The fourth-order valence-electron chi connectivity index (χ4n) is 1.87. The first kappa shape index (κ1) is 16.0. The maximum absolute atomic E-state index is 4.36. The maximum atomic E-state index is 4.36. The molecule has 0 fully saturated rings. The summed E-state index contributed by atoms with van der Waals surface area (Å²) in [6, 6.07) is 21.1. The summed E-state index contributed by atoms with van der Waals surface area (Å²) in [5.41, 5.74) is 6.67. The molecule has 4 nitrogen and oxygen atoms in total. The van der Waals surface area contributed by atoms with Crippen LogP contribution in [-0.2, 0) is 19.5 Å². The van der Waals surface area contributed by atoms with E-state index in [4.69, 9.17) is 0 Å². The van der Waals surface area contributed by atoms with Crippen LogP contribution in [0, 0.1) is 0 Å². The summed E-state index contributed by atoms with van der Waals surface area (Å²) < 4.78 is 0. The van der Waals surface area contributed by atoms with Gasteiger partial charge in [0, 0.05) is 31.2 Å². The van der Waals surface area contributed by atoms with E-state index in [0.29, 0.717) is 5.82 Å². The topological polar surface area (TPSA) is 52.2 Å². The molecule has 1 aromatic carbocycles. The Morgan fingerprint density at radius 1 is 0.773 bits per heavy atom. The predicted molar refractivity (Wildman–Crippen MR) is 83.6 cm³/mol. The Labute approximate surface area is 142 Å². The average Bonchev–Trinajstić information content (AvgIpc) is 2.58. The molecule has 0 saturated heterocycles.